The Hall–Kier alpha value is -0.750. The summed E-state index contributed by atoms with van der Waals surface area (Å²) in [6.07, 6.45) is 6.07. The highest BCUT2D eigenvalue weighted by Crippen LogP contribution is 2.35. The summed E-state index contributed by atoms with van der Waals surface area (Å²) < 4.78 is 5.81. The summed E-state index contributed by atoms with van der Waals surface area (Å²) in [5.41, 5.74) is 1.13. The van der Waals surface area contributed by atoms with Gasteiger partial charge in [-0.3, -0.25) is 10.3 Å². The molecule has 26 heavy (non-hydrogen) atoms. The van der Waals surface area contributed by atoms with Gasteiger partial charge in [0.1, 0.15) is 5.84 Å². The molecule has 2 heterocycles. The summed E-state index contributed by atoms with van der Waals surface area (Å²) in [5, 5.41) is 8.62. The number of methoxy groups -OCH3 is 1. The zero-order valence-corrected chi connectivity index (χ0v) is 16.9. The monoisotopic (exact) mass is 393 g/mol. The molecular weight excluding hydrogens is 366 g/mol. The topological polar surface area (TPSA) is 45.6 Å². The minimum atomic E-state index is -0.0287. The van der Waals surface area contributed by atoms with Crippen LogP contribution in [0.15, 0.2) is 29.3 Å². The number of piperazine rings is 1. The number of nitrogens with zero attached hydrogens (tertiary/aromatic N) is 1. The Morgan fingerprint density at radius 2 is 2.15 bits per heavy atom. The normalized spacial score (nSPS) is 32.2. The van der Waals surface area contributed by atoms with Crippen molar-refractivity contribution >= 4 is 29.2 Å². The lowest BCUT2D eigenvalue weighted by Gasteiger charge is -2.52. The molecule has 3 unspecified atom stereocenters. The van der Waals surface area contributed by atoms with Gasteiger partial charge in [0.05, 0.1) is 24.2 Å². The van der Waals surface area contributed by atoms with Crippen molar-refractivity contribution in [1.29, 1.82) is 0 Å². The molecule has 0 bridgehead atoms. The predicted molar refractivity (Wildman–Crippen MR) is 110 cm³/mol. The van der Waals surface area contributed by atoms with Crippen LogP contribution in [0.25, 0.3) is 0 Å². The molecule has 1 aromatic rings. The Kier molecular flexibility index (Phi) is 5.79. The number of ether oxygens (including phenoxy) is 1. The smallest absolute Gasteiger partial charge is 0.117 e. The van der Waals surface area contributed by atoms with E-state index < -0.39 is 0 Å². The van der Waals surface area contributed by atoms with Gasteiger partial charge < -0.3 is 10.1 Å². The molecule has 3 atom stereocenters. The van der Waals surface area contributed by atoms with Crippen LogP contribution >= 0.6 is 23.4 Å². The number of halogens is 1. The molecule has 2 saturated heterocycles. The van der Waals surface area contributed by atoms with Crippen LogP contribution in [0.3, 0.4) is 0 Å². The summed E-state index contributed by atoms with van der Waals surface area (Å²) in [7, 11) is 1.85. The molecule has 3 aliphatic rings. The van der Waals surface area contributed by atoms with E-state index in [4.69, 9.17) is 21.3 Å². The molecule has 2 aliphatic heterocycles. The third kappa shape index (κ3) is 3.77. The SMILES string of the molecule is COC1CCCC2NC(=NCc3cccc(Cl)c3)C3(CCSCC3)NC21. The van der Waals surface area contributed by atoms with Gasteiger partial charge in [0, 0.05) is 18.2 Å². The average Bonchev–Trinajstić information content (AvgIpc) is 2.67. The van der Waals surface area contributed by atoms with Gasteiger partial charge in [-0.15, -0.1) is 0 Å². The highest BCUT2D eigenvalue weighted by Gasteiger charge is 2.48. The van der Waals surface area contributed by atoms with E-state index in [1.807, 2.05) is 37.1 Å². The number of benzene rings is 1. The van der Waals surface area contributed by atoms with Gasteiger partial charge in [0.2, 0.25) is 0 Å². The fourth-order valence-electron chi connectivity index (χ4n) is 4.58. The van der Waals surface area contributed by atoms with Gasteiger partial charge in [-0.1, -0.05) is 23.7 Å². The maximum Gasteiger partial charge on any atom is 0.117 e. The minimum absolute atomic E-state index is 0.0287. The molecule has 0 amide bonds. The summed E-state index contributed by atoms with van der Waals surface area (Å²) >= 11 is 8.18. The first-order valence-electron chi connectivity index (χ1n) is 9.64. The zero-order chi connectivity index (χ0) is 18.0. The van der Waals surface area contributed by atoms with Gasteiger partial charge >= 0.3 is 0 Å². The summed E-state index contributed by atoms with van der Waals surface area (Å²) in [6.45, 7) is 0.671. The maximum absolute atomic E-state index is 6.14. The van der Waals surface area contributed by atoms with Gasteiger partial charge in [-0.2, -0.15) is 11.8 Å². The molecule has 4 nitrogen and oxygen atoms in total. The fraction of sp³-hybridized carbons (Fsp3) is 0.650. The second kappa shape index (κ2) is 8.09. The standard InChI is InChI=1S/C20H28ClN3OS/c1-25-17-7-3-6-16-18(17)24-20(8-10-26-11-9-20)19(23-16)22-13-14-4-2-5-15(21)12-14/h2,4-5,12,16-18,24H,3,6-11,13H2,1H3,(H,22,23). The third-order valence-corrected chi connectivity index (χ3v) is 7.23. The predicted octanol–water partition coefficient (Wildman–Crippen LogP) is 3.63. The van der Waals surface area contributed by atoms with Gasteiger partial charge in [-0.25, -0.2) is 0 Å². The van der Waals surface area contributed by atoms with Crippen molar-refractivity contribution in [3.8, 4) is 0 Å². The number of aliphatic imine (C=N–C) groups is 1. The number of nitrogens with one attached hydrogen (secondary N) is 2. The van der Waals surface area contributed by atoms with E-state index in [2.05, 4.69) is 16.7 Å². The molecular formula is C20H28ClN3OS. The van der Waals surface area contributed by atoms with Crippen LogP contribution in [0.1, 0.15) is 37.7 Å². The first-order valence-corrected chi connectivity index (χ1v) is 11.2. The second-order valence-corrected chi connectivity index (χ2v) is 9.28. The summed E-state index contributed by atoms with van der Waals surface area (Å²) in [6, 6.07) is 8.80. The molecule has 1 saturated carbocycles. The number of amidine groups is 1. The first-order chi connectivity index (χ1) is 12.7. The molecule has 3 fully saturated rings. The van der Waals surface area contributed by atoms with Crippen molar-refractivity contribution in [2.24, 2.45) is 4.99 Å². The lowest BCUT2D eigenvalue weighted by atomic mass is 9.79. The van der Waals surface area contributed by atoms with E-state index in [-0.39, 0.29) is 5.54 Å². The van der Waals surface area contributed by atoms with E-state index >= 15 is 0 Å². The highest BCUT2D eigenvalue weighted by molar-refractivity contribution is 7.99. The Labute approximate surface area is 165 Å². The van der Waals surface area contributed by atoms with Crippen LogP contribution in [0.4, 0.5) is 0 Å². The lowest BCUT2D eigenvalue weighted by molar-refractivity contribution is 0.0148. The Morgan fingerprint density at radius 1 is 1.31 bits per heavy atom. The number of fused-ring (bicyclic) bond motifs is 1. The van der Waals surface area contributed by atoms with Crippen LogP contribution in [0.2, 0.25) is 5.02 Å². The van der Waals surface area contributed by atoms with E-state index in [0.29, 0.717) is 24.7 Å². The van der Waals surface area contributed by atoms with Crippen LogP contribution in [-0.4, -0.2) is 48.2 Å². The molecule has 0 aromatic heterocycles. The Morgan fingerprint density at radius 3 is 2.92 bits per heavy atom. The van der Waals surface area contributed by atoms with E-state index in [1.54, 1.807) is 0 Å². The maximum atomic E-state index is 6.14. The van der Waals surface area contributed by atoms with Crippen LogP contribution in [-0.2, 0) is 11.3 Å². The van der Waals surface area contributed by atoms with Crippen molar-refractivity contribution < 1.29 is 4.74 Å². The summed E-state index contributed by atoms with van der Waals surface area (Å²) in [4.78, 5) is 5.05. The lowest BCUT2D eigenvalue weighted by Crippen LogP contribution is -2.75. The van der Waals surface area contributed by atoms with Crippen molar-refractivity contribution in [2.45, 2.75) is 62.4 Å². The molecule has 0 radical (unpaired) electrons. The first kappa shape index (κ1) is 18.6. The zero-order valence-electron chi connectivity index (χ0n) is 15.3. The molecule has 1 aliphatic carbocycles. The summed E-state index contributed by atoms with van der Waals surface area (Å²) in [5.74, 6) is 3.51. The highest BCUT2D eigenvalue weighted by atomic mass is 35.5. The van der Waals surface area contributed by atoms with Crippen LogP contribution in [0, 0.1) is 0 Å². The third-order valence-electron chi connectivity index (χ3n) is 6.01. The van der Waals surface area contributed by atoms with Crippen molar-refractivity contribution in [1.82, 2.24) is 10.6 Å². The number of thioether (sulfide) groups is 1. The molecule has 1 aromatic carbocycles. The van der Waals surface area contributed by atoms with Gasteiger partial charge in [0.15, 0.2) is 0 Å². The fourth-order valence-corrected chi connectivity index (χ4v) is 5.98. The Balaban J connectivity index is 1.59. The Bertz CT molecular complexity index is 662. The van der Waals surface area contributed by atoms with E-state index in [1.165, 1.54) is 24.3 Å². The minimum Gasteiger partial charge on any atom is -0.380 e. The van der Waals surface area contributed by atoms with Gasteiger partial charge in [0.25, 0.3) is 0 Å². The number of hydrogen-bond acceptors (Lipinski definition) is 4. The number of rotatable bonds is 3. The van der Waals surface area contributed by atoms with E-state index in [9.17, 15) is 0 Å². The van der Waals surface area contributed by atoms with Crippen LogP contribution < -0.4 is 10.6 Å². The average molecular weight is 394 g/mol. The molecule has 2 N–H and O–H groups in total. The quantitative estimate of drug-likeness (QED) is 0.823. The second-order valence-electron chi connectivity index (χ2n) is 7.62. The molecule has 6 heteroatoms. The largest absolute Gasteiger partial charge is 0.380 e. The molecule has 1 spiro atoms. The molecule has 142 valence electrons. The van der Waals surface area contributed by atoms with Crippen LogP contribution in [0.5, 0.6) is 0 Å². The molecule has 4 rings (SSSR count). The number of hydrogen-bond donors (Lipinski definition) is 2. The van der Waals surface area contributed by atoms with Crippen molar-refractivity contribution in [3.05, 3.63) is 34.9 Å². The van der Waals surface area contributed by atoms with Gasteiger partial charge in [-0.05, 0) is 61.3 Å². The van der Waals surface area contributed by atoms with Crippen molar-refractivity contribution in [3.63, 3.8) is 0 Å². The van der Waals surface area contributed by atoms with Crippen molar-refractivity contribution in [2.75, 3.05) is 18.6 Å². The van der Waals surface area contributed by atoms with E-state index in [0.717, 1.165) is 35.7 Å².